The Balaban J connectivity index is 1.81. The van der Waals surface area contributed by atoms with Crippen molar-refractivity contribution >= 4 is 33.2 Å². The van der Waals surface area contributed by atoms with Crippen LogP contribution in [-0.4, -0.2) is 51.9 Å². The van der Waals surface area contributed by atoms with Gasteiger partial charge < -0.3 is 9.84 Å². The minimum atomic E-state index is -0.132. The first-order valence-corrected chi connectivity index (χ1v) is 7.79. The van der Waals surface area contributed by atoms with Crippen molar-refractivity contribution in [2.45, 2.75) is 25.6 Å². The fourth-order valence-electron chi connectivity index (χ4n) is 2.32. The van der Waals surface area contributed by atoms with Crippen molar-refractivity contribution in [1.29, 1.82) is 0 Å². The first-order chi connectivity index (χ1) is 9.67. The van der Waals surface area contributed by atoms with Gasteiger partial charge in [-0.1, -0.05) is 11.6 Å². The molecule has 1 saturated heterocycles. The number of aliphatic hydroxyl groups is 1. The highest BCUT2D eigenvalue weighted by Crippen LogP contribution is 2.25. The molecule has 0 aliphatic carbocycles. The van der Waals surface area contributed by atoms with Crippen molar-refractivity contribution < 1.29 is 9.84 Å². The second kappa shape index (κ2) is 5.91. The van der Waals surface area contributed by atoms with Gasteiger partial charge in [0.25, 0.3) is 0 Å². The summed E-state index contributed by atoms with van der Waals surface area (Å²) in [6.45, 7) is 4.05. The van der Waals surface area contributed by atoms with E-state index in [9.17, 15) is 5.11 Å². The number of aromatic nitrogens is 2. The molecule has 0 spiro atoms. The van der Waals surface area contributed by atoms with Gasteiger partial charge in [0.05, 0.1) is 25.9 Å². The Bertz CT molecular complexity index is 606. The van der Waals surface area contributed by atoms with Gasteiger partial charge in [-0.15, -0.1) is 11.3 Å². The van der Waals surface area contributed by atoms with E-state index >= 15 is 0 Å². The number of thiophene rings is 1. The number of fused-ring (bicyclic) bond motifs is 1. The van der Waals surface area contributed by atoms with Crippen LogP contribution in [0.25, 0.3) is 10.2 Å². The molecular formula is C13H16ClN3O2S. The molecule has 1 aliphatic heterocycles. The van der Waals surface area contributed by atoms with Gasteiger partial charge in [-0.25, -0.2) is 9.97 Å². The SMILES string of the molecule is CC1COC(CO)CN1Cc1nc(Cl)c2ccsc2n1. The summed E-state index contributed by atoms with van der Waals surface area (Å²) in [5.74, 6) is 0.718. The summed E-state index contributed by atoms with van der Waals surface area (Å²) in [7, 11) is 0. The Morgan fingerprint density at radius 3 is 3.20 bits per heavy atom. The summed E-state index contributed by atoms with van der Waals surface area (Å²) >= 11 is 7.75. The summed E-state index contributed by atoms with van der Waals surface area (Å²) < 4.78 is 5.53. The van der Waals surface area contributed by atoms with Gasteiger partial charge in [0, 0.05) is 18.0 Å². The topological polar surface area (TPSA) is 58.5 Å². The molecule has 3 rings (SSSR count). The molecule has 1 aliphatic rings. The summed E-state index contributed by atoms with van der Waals surface area (Å²) in [6.07, 6.45) is -0.132. The van der Waals surface area contributed by atoms with E-state index in [0.29, 0.717) is 24.8 Å². The largest absolute Gasteiger partial charge is 0.394 e. The van der Waals surface area contributed by atoms with Crippen molar-refractivity contribution in [3.8, 4) is 0 Å². The Hall–Kier alpha value is -0.790. The zero-order valence-electron chi connectivity index (χ0n) is 11.1. The maximum Gasteiger partial charge on any atom is 0.145 e. The third-order valence-corrected chi connectivity index (χ3v) is 4.60. The maximum atomic E-state index is 9.22. The molecule has 1 N–H and O–H groups in total. The molecule has 1 fully saturated rings. The third kappa shape index (κ3) is 2.80. The normalized spacial score (nSPS) is 24.4. The molecule has 0 bridgehead atoms. The predicted octanol–water partition coefficient (Wildman–Crippen LogP) is 1.93. The van der Waals surface area contributed by atoms with E-state index in [2.05, 4.69) is 21.8 Å². The Labute approximate surface area is 126 Å². The van der Waals surface area contributed by atoms with E-state index in [1.807, 2.05) is 11.4 Å². The Morgan fingerprint density at radius 1 is 1.55 bits per heavy atom. The number of aliphatic hydroxyl groups excluding tert-OH is 1. The third-order valence-electron chi connectivity index (χ3n) is 3.51. The van der Waals surface area contributed by atoms with E-state index in [4.69, 9.17) is 16.3 Å². The first-order valence-electron chi connectivity index (χ1n) is 6.53. The number of hydrogen-bond acceptors (Lipinski definition) is 6. The summed E-state index contributed by atoms with van der Waals surface area (Å²) in [5.41, 5.74) is 0. The van der Waals surface area contributed by atoms with E-state index in [1.54, 1.807) is 11.3 Å². The lowest BCUT2D eigenvalue weighted by Gasteiger charge is -2.36. The number of nitrogens with zero attached hydrogens (tertiary/aromatic N) is 3. The molecule has 0 saturated carbocycles. The molecule has 20 heavy (non-hydrogen) atoms. The molecule has 0 amide bonds. The molecule has 3 heterocycles. The van der Waals surface area contributed by atoms with E-state index in [-0.39, 0.29) is 18.8 Å². The fourth-order valence-corrected chi connectivity index (χ4v) is 3.41. The van der Waals surface area contributed by atoms with Gasteiger partial charge in [0.2, 0.25) is 0 Å². The van der Waals surface area contributed by atoms with Crippen LogP contribution in [-0.2, 0) is 11.3 Å². The smallest absolute Gasteiger partial charge is 0.145 e. The van der Waals surface area contributed by atoms with Crippen LogP contribution >= 0.6 is 22.9 Å². The summed E-state index contributed by atoms with van der Waals surface area (Å²) in [4.78, 5) is 12.1. The highest BCUT2D eigenvalue weighted by molar-refractivity contribution is 7.16. The molecule has 2 aromatic heterocycles. The molecule has 2 unspecified atom stereocenters. The second-order valence-electron chi connectivity index (χ2n) is 4.99. The zero-order chi connectivity index (χ0) is 14.1. The van der Waals surface area contributed by atoms with Gasteiger partial charge in [-0.2, -0.15) is 0 Å². The molecular weight excluding hydrogens is 298 g/mol. The Morgan fingerprint density at radius 2 is 2.40 bits per heavy atom. The molecule has 0 radical (unpaired) electrons. The monoisotopic (exact) mass is 313 g/mol. The van der Waals surface area contributed by atoms with E-state index in [0.717, 1.165) is 16.0 Å². The second-order valence-corrected chi connectivity index (χ2v) is 6.24. The lowest BCUT2D eigenvalue weighted by molar-refractivity contribution is -0.0811. The van der Waals surface area contributed by atoms with Crippen LogP contribution in [0.3, 0.4) is 0 Å². The van der Waals surface area contributed by atoms with Gasteiger partial charge in [0.15, 0.2) is 0 Å². The van der Waals surface area contributed by atoms with Crippen molar-refractivity contribution in [1.82, 2.24) is 14.9 Å². The average Bonchev–Trinajstić information content (AvgIpc) is 2.90. The van der Waals surface area contributed by atoms with Crippen LogP contribution in [0.4, 0.5) is 0 Å². The van der Waals surface area contributed by atoms with Crippen LogP contribution in [0.2, 0.25) is 5.15 Å². The highest BCUT2D eigenvalue weighted by atomic mass is 35.5. The molecule has 7 heteroatoms. The van der Waals surface area contributed by atoms with Crippen molar-refractivity contribution in [2.24, 2.45) is 0 Å². The average molecular weight is 314 g/mol. The van der Waals surface area contributed by atoms with Crippen molar-refractivity contribution in [3.05, 3.63) is 22.4 Å². The van der Waals surface area contributed by atoms with Crippen molar-refractivity contribution in [2.75, 3.05) is 19.8 Å². The molecule has 5 nitrogen and oxygen atoms in total. The van der Waals surface area contributed by atoms with E-state index in [1.165, 1.54) is 0 Å². The van der Waals surface area contributed by atoms with Gasteiger partial charge in [-0.3, -0.25) is 4.90 Å². The van der Waals surface area contributed by atoms with Gasteiger partial charge in [0.1, 0.15) is 15.8 Å². The van der Waals surface area contributed by atoms with Crippen LogP contribution in [0.5, 0.6) is 0 Å². The quantitative estimate of drug-likeness (QED) is 0.877. The summed E-state index contributed by atoms with van der Waals surface area (Å²) in [6, 6.07) is 2.21. The molecule has 108 valence electrons. The van der Waals surface area contributed by atoms with Crippen LogP contribution in [0.15, 0.2) is 11.4 Å². The highest BCUT2D eigenvalue weighted by Gasteiger charge is 2.26. The van der Waals surface area contributed by atoms with Gasteiger partial charge in [-0.05, 0) is 18.4 Å². The van der Waals surface area contributed by atoms with Crippen LogP contribution in [0.1, 0.15) is 12.7 Å². The predicted molar refractivity (Wildman–Crippen MR) is 79.1 cm³/mol. The molecule has 2 aromatic rings. The van der Waals surface area contributed by atoms with Crippen LogP contribution < -0.4 is 0 Å². The number of hydrogen-bond donors (Lipinski definition) is 1. The first kappa shape index (κ1) is 14.2. The standard InChI is InChI=1S/C13H16ClN3O2S/c1-8-7-19-9(6-18)4-17(8)5-11-15-12(14)10-2-3-20-13(10)16-11/h2-3,8-9,18H,4-7H2,1H3. The number of morpholine rings is 1. The van der Waals surface area contributed by atoms with E-state index < -0.39 is 0 Å². The lowest BCUT2D eigenvalue weighted by atomic mass is 10.2. The zero-order valence-corrected chi connectivity index (χ0v) is 12.7. The molecule has 2 atom stereocenters. The number of rotatable bonds is 3. The van der Waals surface area contributed by atoms with Gasteiger partial charge >= 0.3 is 0 Å². The van der Waals surface area contributed by atoms with Crippen molar-refractivity contribution in [3.63, 3.8) is 0 Å². The lowest BCUT2D eigenvalue weighted by Crippen LogP contribution is -2.49. The number of halogens is 1. The minimum absolute atomic E-state index is 0.0365. The number of ether oxygens (including phenoxy) is 1. The minimum Gasteiger partial charge on any atom is -0.394 e. The molecule has 0 aromatic carbocycles. The fraction of sp³-hybridized carbons (Fsp3) is 0.538. The maximum absolute atomic E-state index is 9.22. The Kier molecular flexibility index (Phi) is 4.18. The summed E-state index contributed by atoms with van der Waals surface area (Å²) in [5, 5.41) is 12.6. The van der Waals surface area contributed by atoms with Crippen LogP contribution in [0, 0.1) is 0 Å².